The zero-order valence-electron chi connectivity index (χ0n) is 5.57. The predicted octanol–water partition coefficient (Wildman–Crippen LogP) is 2.20. The average molecular weight is 97.0 g/mol. The lowest BCUT2D eigenvalue weighted by molar-refractivity contribution is 0.983. The summed E-state index contributed by atoms with van der Waals surface area (Å²) in [4.78, 5) is 0. The number of rotatable bonds is 0. The van der Waals surface area contributed by atoms with E-state index in [1.165, 1.54) is 12.8 Å². The smallest absolute Gasteiger partial charge is 0.0922 e. The van der Waals surface area contributed by atoms with Crippen molar-refractivity contribution in [3.8, 4) is 0 Å². The van der Waals surface area contributed by atoms with E-state index in [4.69, 9.17) is 0 Å². The number of hydrogen-bond donors (Lipinski definition) is 0. The van der Waals surface area contributed by atoms with E-state index in [0.29, 0.717) is 0 Å². The molecule has 7 heavy (non-hydrogen) atoms. The van der Waals surface area contributed by atoms with Crippen molar-refractivity contribution in [1.82, 2.24) is 0 Å². The third kappa shape index (κ3) is 10.7. The number of hydrogen-bond acceptors (Lipinski definition) is 0. The van der Waals surface area contributed by atoms with Gasteiger partial charge in [0.05, 0.1) is 0 Å². The van der Waals surface area contributed by atoms with Gasteiger partial charge in [-0.2, -0.15) is 0 Å². The Hall–Kier alpha value is 0.0649. The minimum absolute atomic E-state index is 1.08. The van der Waals surface area contributed by atoms with E-state index in [1.54, 1.807) is 0 Å². The maximum absolute atomic E-state index is 2.28. The van der Waals surface area contributed by atoms with E-state index < -0.39 is 0 Å². The van der Waals surface area contributed by atoms with Crippen molar-refractivity contribution in [1.29, 1.82) is 0 Å². The zero-order chi connectivity index (χ0) is 5.70. The summed E-state index contributed by atoms with van der Waals surface area (Å²) in [5.74, 6) is 1.08. The van der Waals surface area contributed by atoms with Gasteiger partial charge < -0.3 is 0 Å². The summed E-state index contributed by atoms with van der Waals surface area (Å²) < 4.78 is 0. The van der Waals surface area contributed by atoms with E-state index in [-0.39, 0.29) is 0 Å². The van der Waals surface area contributed by atoms with Gasteiger partial charge in [-0.25, -0.2) is 0 Å². The van der Waals surface area contributed by atoms with Gasteiger partial charge in [0.2, 0.25) is 0 Å². The van der Waals surface area contributed by atoms with Crippen molar-refractivity contribution in [2.75, 3.05) is 0 Å². The molecule has 0 bridgehead atoms. The highest BCUT2D eigenvalue weighted by molar-refractivity contribution is 6.31. The van der Waals surface area contributed by atoms with Crippen LogP contribution in [0.4, 0.5) is 0 Å². The van der Waals surface area contributed by atoms with Crippen LogP contribution >= 0.6 is 0 Å². The molecule has 1 radical (unpaired) electrons. The van der Waals surface area contributed by atoms with E-state index in [9.17, 15) is 0 Å². The summed E-state index contributed by atoms with van der Waals surface area (Å²) >= 11 is 0. The van der Waals surface area contributed by atoms with Gasteiger partial charge in [-0.3, -0.25) is 0 Å². The standard InChI is InChI=1S/C4H8.C2H6B/c1-4-2-3-4;1-3-2/h4H,2-3H2,1H3;1-2H3. The fourth-order valence-electron chi connectivity index (χ4n) is 0.167. The van der Waals surface area contributed by atoms with Crippen molar-refractivity contribution >= 4 is 7.28 Å². The second-order valence-corrected chi connectivity index (χ2v) is 2.26. The average Bonchev–Trinajstić information content (AvgIpc) is 2.25. The van der Waals surface area contributed by atoms with Crippen LogP contribution in [0.5, 0.6) is 0 Å². The first-order valence-electron chi connectivity index (χ1n) is 3.05. The summed E-state index contributed by atoms with van der Waals surface area (Å²) in [5, 5.41) is 0. The fraction of sp³-hybridized carbons (Fsp3) is 1.00. The molecule has 1 saturated carbocycles. The Bertz CT molecular complexity index is 31.2. The summed E-state index contributed by atoms with van der Waals surface area (Å²) in [5.41, 5.74) is 0. The molecule has 1 rings (SSSR count). The molecule has 0 aromatic carbocycles. The van der Waals surface area contributed by atoms with Gasteiger partial charge in [0.25, 0.3) is 0 Å². The van der Waals surface area contributed by atoms with Crippen molar-refractivity contribution in [2.45, 2.75) is 33.4 Å². The molecule has 0 nitrogen and oxygen atoms in total. The van der Waals surface area contributed by atoms with Crippen LogP contribution < -0.4 is 0 Å². The first-order valence-corrected chi connectivity index (χ1v) is 3.05. The van der Waals surface area contributed by atoms with Crippen molar-refractivity contribution in [2.24, 2.45) is 5.92 Å². The van der Waals surface area contributed by atoms with Gasteiger partial charge in [-0.1, -0.05) is 33.4 Å². The summed E-state index contributed by atoms with van der Waals surface area (Å²) in [6.45, 7) is 6.28. The van der Waals surface area contributed by atoms with Crippen LogP contribution in [0.15, 0.2) is 0 Å². The van der Waals surface area contributed by atoms with Gasteiger partial charge >= 0.3 is 0 Å². The quantitative estimate of drug-likeness (QED) is 0.406. The molecule has 0 aromatic heterocycles. The molecule has 1 fully saturated rings. The third-order valence-electron chi connectivity index (χ3n) is 0.866. The molecule has 0 spiro atoms. The maximum Gasteiger partial charge on any atom is 0.102 e. The molecular formula is C6H14B. The summed E-state index contributed by atoms with van der Waals surface area (Å²) in [6.07, 6.45) is 2.97. The highest BCUT2D eigenvalue weighted by Gasteiger charge is 2.12. The van der Waals surface area contributed by atoms with Crippen molar-refractivity contribution in [3.63, 3.8) is 0 Å². The second kappa shape index (κ2) is 4.23. The Labute approximate surface area is 47.6 Å². The highest BCUT2D eigenvalue weighted by atomic mass is 14.2. The Morgan fingerprint density at radius 1 is 1.29 bits per heavy atom. The van der Waals surface area contributed by atoms with Crippen LogP contribution in [-0.2, 0) is 0 Å². The summed E-state index contributed by atoms with van der Waals surface area (Å²) in [7, 11) is 2.00. The van der Waals surface area contributed by atoms with E-state index in [1.807, 2.05) is 20.9 Å². The minimum atomic E-state index is 1.08. The minimum Gasteiger partial charge on any atom is -0.0922 e. The van der Waals surface area contributed by atoms with Crippen molar-refractivity contribution in [3.05, 3.63) is 0 Å². The van der Waals surface area contributed by atoms with E-state index >= 15 is 0 Å². The molecule has 41 valence electrons. The highest BCUT2D eigenvalue weighted by Crippen LogP contribution is 2.26. The zero-order valence-corrected chi connectivity index (χ0v) is 5.57. The lowest BCUT2D eigenvalue weighted by Crippen LogP contribution is -1.53. The molecule has 0 N–H and O–H groups in total. The van der Waals surface area contributed by atoms with Crippen molar-refractivity contribution < 1.29 is 0 Å². The van der Waals surface area contributed by atoms with Gasteiger partial charge in [0.15, 0.2) is 0 Å². The molecule has 0 atom stereocenters. The lowest BCUT2D eigenvalue weighted by Gasteiger charge is -1.53. The monoisotopic (exact) mass is 97.1 g/mol. The van der Waals surface area contributed by atoms with Crippen LogP contribution in [-0.4, -0.2) is 7.28 Å². The Morgan fingerprint density at radius 3 is 1.43 bits per heavy atom. The Balaban J connectivity index is 0.000000110. The molecule has 0 aromatic rings. The maximum atomic E-state index is 2.28. The molecule has 1 heteroatoms. The molecule has 1 aliphatic carbocycles. The van der Waals surface area contributed by atoms with Crippen LogP contribution in [0, 0.1) is 5.92 Å². The third-order valence-corrected chi connectivity index (χ3v) is 0.866. The van der Waals surface area contributed by atoms with Gasteiger partial charge in [0.1, 0.15) is 7.28 Å². The van der Waals surface area contributed by atoms with Gasteiger partial charge in [-0.05, 0) is 5.92 Å². The van der Waals surface area contributed by atoms with Crippen LogP contribution in [0.3, 0.4) is 0 Å². The van der Waals surface area contributed by atoms with Crippen LogP contribution in [0.2, 0.25) is 13.6 Å². The topological polar surface area (TPSA) is 0 Å². The first-order chi connectivity index (χ1) is 3.31. The molecule has 0 saturated heterocycles. The Kier molecular flexibility index (Phi) is 4.27. The molecule has 0 unspecified atom stereocenters. The molecule has 0 aliphatic heterocycles. The molecule has 0 heterocycles. The van der Waals surface area contributed by atoms with Crippen LogP contribution in [0.25, 0.3) is 0 Å². The lowest BCUT2D eigenvalue weighted by atomic mass is 9.88. The largest absolute Gasteiger partial charge is 0.102 e. The van der Waals surface area contributed by atoms with Gasteiger partial charge in [0, 0.05) is 0 Å². The van der Waals surface area contributed by atoms with Crippen LogP contribution in [0.1, 0.15) is 19.8 Å². The van der Waals surface area contributed by atoms with E-state index in [2.05, 4.69) is 6.92 Å². The van der Waals surface area contributed by atoms with Gasteiger partial charge in [-0.15, -0.1) is 0 Å². The second-order valence-electron chi connectivity index (χ2n) is 2.26. The molecule has 0 amide bonds. The SMILES string of the molecule is CC1CC1.C[B]C. The normalized spacial score (nSPS) is 17.0. The summed E-state index contributed by atoms with van der Waals surface area (Å²) in [6, 6.07) is 0. The molecular weight excluding hydrogens is 82.9 g/mol. The van der Waals surface area contributed by atoms with E-state index in [0.717, 1.165) is 5.92 Å². The fourth-order valence-corrected chi connectivity index (χ4v) is 0.167. The Morgan fingerprint density at radius 2 is 1.43 bits per heavy atom. The molecule has 1 aliphatic rings. The first kappa shape index (κ1) is 7.06. The predicted molar refractivity (Wildman–Crippen MR) is 35.9 cm³/mol.